The van der Waals surface area contributed by atoms with Crippen LogP contribution in [0.2, 0.25) is 0 Å². The van der Waals surface area contributed by atoms with Gasteiger partial charge >= 0.3 is 0 Å². The van der Waals surface area contributed by atoms with Crippen LogP contribution in [0.15, 0.2) is 16.9 Å². The third kappa shape index (κ3) is 3.67. The minimum atomic E-state index is -3.12. The first kappa shape index (κ1) is 18.6. The fraction of sp³-hybridized carbons (Fsp3) is 0.588. The van der Waals surface area contributed by atoms with E-state index in [1.807, 2.05) is 26.8 Å². The number of hydrogen-bond donors (Lipinski definition) is 2. The smallest absolute Gasteiger partial charge is 0.272 e. The first-order valence-electron chi connectivity index (χ1n) is 8.60. The molecule has 1 fully saturated rings. The number of carbonyl (C=O) groups is 1. The maximum Gasteiger partial charge on any atom is 0.272 e. The zero-order valence-electron chi connectivity index (χ0n) is 15.4. The van der Waals surface area contributed by atoms with Crippen LogP contribution in [-0.2, 0) is 20.0 Å². The third-order valence-corrected chi connectivity index (χ3v) is 6.45. The zero-order valence-corrected chi connectivity index (χ0v) is 16.2. The molecule has 2 N–H and O–H groups in total. The molecule has 9 heteroatoms. The molecule has 3 heterocycles. The summed E-state index contributed by atoms with van der Waals surface area (Å²) in [4.78, 5) is 29.2. The number of aromatic amines is 1. The molecule has 0 unspecified atom stereocenters. The van der Waals surface area contributed by atoms with Crippen molar-refractivity contribution in [3.63, 3.8) is 0 Å². The molecule has 1 saturated heterocycles. The SMILES string of the molecule is C[C@@H](NC(=O)[C@H]1CCS(=O)(=O)C1)c1cc(=O)n2[nH]c(C(C)(C)C)cc2n1. The Morgan fingerprint density at radius 2 is 2.08 bits per heavy atom. The van der Waals surface area contributed by atoms with E-state index >= 15 is 0 Å². The summed E-state index contributed by atoms with van der Waals surface area (Å²) in [6.07, 6.45) is 0.336. The van der Waals surface area contributed by atoms with Crippen LogP contribution < -0.4 is 10.9 Å². The molecule has 0 radical (unpaired) electrons. The normalized spacial score (nSPS) is 21.0. The van der Waals surface area contributed by atoms with Gasteiger partial charge in [0.2, 0.25) is 5.91 Å². The second-order valence-corrected chi connectivity index (χ2v) is 10.2. The molecule has 0 bridgehead atoms. The highest BCUT2D eigenvalue weighted by molar-refractivity contribution is 7.91. The summed E-state index contributed by atoms with van der Waals surface area (Å²) in [6.45, 7) is 7.82. The Morgan fingerprint density at radius 1 is 1.38 bits per heavy atom. The second-order valence-electron chi connectivity index (χ2n) is 7.96. The van der Waals surface area contributed by atoms with Gasteiger partial charge in [-0.2, -0.15) is 0 Å². The van der Waals surface area contributed by atoms with Crippen molar-refractivity contribution < 1.29 is 13.2 Å². The second kappa shape index (κ2) is 6.22. The zero-order chi connectivity index (χ0) is 19.3. The highest BCUT2D eigenvalue weighted by Crippen LogP contribution is 2.22. The van der Waals surface area contributed by atoms with Gasteiger partial charge in [0.05, 0.1) is 29.2 Å². The molecule has 0 aromatic carbocycles. The van der Waals surface area contributed by atoms with E-state index in [1.165, 1.54) is 10.6 Å². The lowest BCUT2D eigenvalue weighted by Crippen LogP contribution is -2.34. The Morgan fingerprint density at radius 3 is 2.65 bits per heavy atom. The lowest BCUT2D eigenvalue weighted by atomic mass is 9.93. The molecule has 2 atom stereocenters. The molecule has 3 rings (SSSR count). The minimum absolute atomic E-state index is 0.0456. The van der Waals surface area contributed by atoms with Gasteiger partial charge in [-0.3, -0.25) is 14.7 Å². The van der Waals surface area contributed by atoms with Crippen LogP contribution in [0.4, 0.5) is 0 Å². The van der Waals surface area contributed by atoms with Gasteiger partial charge in [-0.15, -0.1) is 0 Å². The van der Waals surface area contributed by atoms with Crippen LogP contribution >= 0.6 is 0 Å². The number of carbonyl (C=O) groups excluding carboxylic acids is 1. The number of aromatic nitrogens is 3. The van der Waals surface area contributed by atoms with Gasteiger partial charge in [0.1, 0.15) is 0 Å². The van der Waals surface area contributed by atoms with Crippen LogP contribution in [0.25, 0.3) is 5.65 Å². The van der Waals surface area contributed by atoms with Crippen molar-refractivity contribution in [1.82, 2.24) is 19.9 Å². The van der Waals surface area contributed by atoms with Gasteiger partial charge < -0.3 is 5.32 Å². The van der Waals surface area contributed by atoms with Crippen LogP contribution in [0, 0.1) is 5.92 Å². The highest BCUT2D eigenvalue weighted by atomic mass is 32.2. The molecule has 8 nitrogen and oxygen atoms in total. The Labute approximate surface area is 151 Å². The van der Waals surface area contributed by atoms with Gasteiger partial charge in [-0.25, -0.2) is 17.9 Å². The standard InChI is InChI=1S/C17H24N4O4S/c1-10(18-16(23)11-5-6-26(24,25)9-11)12-7-15(22)21-14(19-12)8-13(20-21)17(2,3)4/h7-8,10-11,20H,5-6,9H2,1-4H3,(H,18,23)/t10-,11+/m1/s1. The molecule has 142 valence electrons. The number of H-pyrrole nitrogens is 1. The van der Waals surface area contributed by atoms with Crippen molar-refractivity contribution >= 4 is 21.4 Å². The van der Waals surface area contributed by atoms with Gasteiger partial charge in [-0.05, 0) is 13.3 Å². The lowest BCUT2D eigenvalue weighted by molar-refractivity contribution is -0.124. The number of amides is 1. The van der Waals surface area contributed by atoms with Crippen molar-refractivity contribution in [2.45, 2.75) is 45.6 Å². The quantitative estimate of drug-likeness (QED) is 0.822. The first-order valence-corrected chi connectivity index (χ1v) is 10.4. The average molecular weight is 380 g/mol. The average Bonchev–Trinajstić information content (AvgIpc) is 3.10. The van der Waals surface area contributed by atoms with Gasteiger partial charge in [0.15, 0.2) is 15.5 Å². The van der Waals surface area contributed by atoms with E-state index in [0.717, 1.165) is 5.69 Å². The van der Waals surface area contributed by atoms with E-state index < -0.39 is 21.8 Å². The number of hydrogen-bond acceptors (Lipinski definition) is 5. The number of rotatable bonds is 3. The summed E-state index contributed by atoms with van der Waals surface area (Å²) in [5.41, 5.74) is 1.40. The van der Waals surface area contributed by atoms with Crippen LogP contribution in [0.3, 0.4) is 0 Å². The van der Waals surface area contributed by atoms with E-state index in [0.29, 0.717) is 17.8 Å². The van der Waals surface area contributed by atoms with Crippen LogP contribution in [0.5, 0.6) is 0 Å². The molecule has 2 aromatic rings. The molecular formula is C17H24N4O4S. The molecule has 0 spiro atoms. The Hall–Kier alpha value is -2.16. The van der Waals surface area contributed by atoms with E-state index in [1.54, 1.807) is 6.92 Å². The summed E-state index contributed by atoms with van der Waals surface area (Å²) >= 11 is 0. The summed E-state index contributed by atoms with van der Waals surface area (Å²) in [5, 5.41) is 5.83. The van der Waals surface area contributed by atoms with Crippen molar-refractivity contribution in [2.75, 3.05) is 11.5 Å². The maximum atomic E-state index is 12.4. The molecule has 1 aliphatic heterocycles. The molecule has 2 aromatic heterocycles. The molecule has 1 aliphatic rings. The van der Waals surface area contributed by atoms with E-state index in [-0.39, 0.29) is 28.4 Å². The number of nitrogens with one attached hydrogen (secondary N) is 2. The lowest BCUT2D eigenvalue weighted by Gasteiger charge is -2.16. The van der Waals surface area contributed by atoms with Crippen molar-refractivity contribution in [2.24, 2.45) is 5.92 Å². The van der Waals surface area contributed by atoms with E-state index in [2.05, 4.69) is 15.4 Å². The fourth-order valence-corrected chi connectivity index (χ4v) is 4.76. The number of fused-ring (bicyclic) bond motifs is 1. The summed E-state index contributed by atoms with van der Waals surface area (Å²) in [5.74, 6) is -0.922. The maximum absolute atomic E-state index is 12.4. The summed E-state index contributed by atoms with van der Waals surface area (Å²) < 4.78 is 24.4. The van der Waals surface area contributed by atoms with Crippen molar-refractivity contribution in [3.05, 3.63) is 33.9 Å². The fourth-order valence-electron chi connectivity index (χ4n) is 3.02. The van der Waals surface area contributed by atoms with Crippen molar-refractivity contribution in [1.29, 1.82) is 0 Å². The highest BCUT2D eigenvalue weighted by Gasteiger charge is 2.33. The minimum Gasteiger partial charge on any atom is -0.348 e. The summed E-state index contributed by atoms with van der Waals surface area (Å²) in [7, 11) is -3.12. The Bertz CT molecular complexity index is 1010. The van der Waals surface area contributed by atoms with Gasteiger partial charge in [-0.1, -0.05) is 20.8 Å². The topological polar surface area (TPSA) is 113 Å². The van der Waals surface area contributed by atoms with Crippen LogP contribution in [-0.4, -0.2) is 40.4 Å². The van der Waals surface area contributed by atoms with Gasteiger partial charge in [0.25, 0.3) is 5.56 Å². The summed E-state index contributed by atoms with van der Waals surface area (Å²) in [6, 6.07) is 2.71. The number of nitrogens with zero attached hydrogens (tertiary/aromatic N) is 2. The Balaban J connectivity index is 1.83. The predicted octanol–water partition coefficient (Wildman–Crippen LogP) is 0.932. The predicted molar refractivity (Wildman–Crippen MR) is 97.8 cm³/mol. The number of sulfone groups is 1. The first-order chi connectivity index (χ1) is 12.0. The van der Waals surface area contributed by atoms with Gasteiger partial charge in [0, 0.05) is 23.2 Å². The largest absolute Gasteiger partial charge is 0.348 e. The molecular weight excluding hydrogens is 356 g/mol. The third-order valence-electron chi connectivity index (χ3n) is 4.68. The van der Waals surface area contributed by atoms with Crippen molar-refractivity contribution in [3.8, 4) is 0 Å². The molecule has 0 saturated carbocycles. The van der Waals surface area contributed by atoms with E-state index in [4.69, 9.17) is 0 Å². The molecule has 0 aliphatic carbocycles. The van der Waals surface area contributed by atoms with Crippen LogP contribution in [0.1, 0.15) is 51.5 Å². The van der Waals surface area contributed by atoms with E-state index in [9.17, 15) is 18.0 Å². The monoisotopic (exact) mass is 380 g/mol. The molecule has 26 heavy (non-hydrogen) atoms. The molecule has 1 amide bonds. The Kier molecular flexibility index (Phi) is 4.46.